The normalized spacial score (nSPS) is 11.5. The lowest BCUT2D eigenvalue weighted by atomic mass is 10.1. The minimum absolute atomic E-state index is 0.0553. The van der Waals surface area contributed by atoms with Gasteiger partial charge in [0.15, 0.2) is 5.96 Å². The Bertz CT molecular complexity index is 560. The van der Waals surface area contributed by atoms with E-state index in [0.29, 0.717) is 0 Å². The highest BCUT2D eigenvalue weighted by molar-refractivity contribution is 5.88. The lowest BCUT2D eigenvalue weighted by molar-refractivity contribution is -0.114. The smallest absolute Gasteiger partial charge is 0.221 e. The summed E-state index contributed by atoms with van der Waals surface area (Å²) in [7, 11) is 3.84. The van der Waals surface area contributed by atoms with Crippen molar-refractivity contribution in [1.82, 2.24) is 15.5 Å². The monoisotopic (exact) mass is 377 g/mol. The number of likely N-dealkylation sites (N-methyl/N-ethyl adjacent to an activating group) is 1. The summed E-state index contributed by atoms with van der Waals surface area (Å²) in [6.07, 6.45) is 1.93. The topological polar surface area (TPSA) is 78.0 Å². The molecule has 0 heterocycles. The molecule has 1 amide bonds. The van der Waals surface area contributed by atoms with Gasteiger partial charge in [-0.15, -0.1) is 0 Å². The van der Waals surface area contributed by atoms with Gasteiger partial charge in [0.05, 0.1) is 6.54 Å². The molecule has 0 aliphatic carbocycles. The Morgan fingerprint density at radius 1 is 1.19 bits per heavy atom. The molecule has 0 atom stereocenters. The van der Waals surface area contributed by atoms with E-state index in [-0.39, 0.29) is 5.91 Å². The van der Waals surface area contributed by atoms with Gasteiger partial charge in [-0.1, -0.05) is 12.1 Å². The van der Waals surface area contributed by atoms with E-state index in [1.54, 1.807) is 7.11 Å². The van der Waals surface area contributed by atoms with Crippen LogP contribution >= 0.6 is 0 Å². The number of hydrogen-bond acceptors (Lipinski definition) is 4. The van der Waals surface area contributed by atoms with E-state index >= 15 is 0 Å². The van der Waals surface area contributed by atoms with Crippen molar-refractivity contribution in [3.05, 3.63) is 29.8 Å². The number of nitrogens with zero attached hydrogens (tertiary/aromatic N) is 2. The number of methoxy groups -OCH3 is 1. The van der Waals surface area contributed by atoms with Crippen molar-refractivity contribution in [1.29, 1.82) is 0 Å². The Morgan fingerprint density at radius 2 is 1.93 bits per heavy atom. The van der Waals surface area contributed by atoms with E-state index in [0.717, 1.165) is 63.8 Å². The fraction of sp³-hybridized carbons (Fsp3) is 0.600. The number of amides is 1. The highest BCUT2D eigenvalue weighted by Crippen LogP contribution is 2.09. The van der Waals surface area contributed by atoms with Gasteiger partial charge in [-0.2, -0.15) is 0 Å². The molecule has 0 fully saturated rings. The number of anilines is 1. The molecule has 27 heavy (non-hydrogen) atoms. The van der Waals surface area contributed by atoms with E-state index in [1.165, 1.54) is 12.5 Å². The third-order valence-electron chi connectivity index (χ3n) is 3.96. The predicted molar refractivity (Wildman–Crippen MR) is 112 cm³/mol. The highest BCUT2D eigenvalue weighted by atomic mass is 16.5. The Morgan fingerprint density at radius 3 is 2.56 bits per heavy atom. The SMILES string of the molecule is CCNC(=NCCN(C)CCCOC)NCCc1ccc(NC(C)=O)cc1. The molecule has 0 aliphatic heterocycles. The molecule has 152 valence electrons. The molecule has 1 rings (SSSR count). The Kier molecular flexibility index (Phi) is 11.9. The van der Waals surface area contributed by atoms with Crippen LogP contribution in [0.3, 0.4) is 0 Å². The minimum Gasteiger partial charge on any atom is -0.385 e. The molecular formula is C20H35N5O2. The molecule has 0 aromatic heterocycles. The second kappa shape index (κ2) is 14.0. The van der Waals surface area contributed by atoms with E-state index in [2.05, 4.69) is 39.8 Å². The highest BCUT2D eigenvalue weighted by Gasteiger charge is 2.01. The predicted octanol–water partition coefficient (Wildman–Crippen LogP) is 1.71. The largest absolute Gasteiger partial charge is 0.385 e. The summed E-state index contributed by atoms with van der Waals surface area (Å²) < 4.78 is 5.08. The van der Waals surface area contributed by atoms with Crippen LogP contribution in [0.5, 0.6) is 0 Å². The summed E-state index contributed by atoms with van der Waals surface area (Å²) in [5.41, 5.74) is 2.04. The molecule has 1 aromatic rings. The minimum atomic E-state index is -0.0553. The molecule has 3 N–H and O–H groups in total. The van der Waals surface area contributed by atoms with E-state index in [9.17, 15) is 4.79 Å². The van der Waals surface area contributed by atoms with E-state index in [4.69, 9.17) is 4.74 Å². The fourth-order valence-corrected chi connectivity index (χ4v) is 2.55. The number of carbonyl (C=O) groups is 1. The zero-order chi connectivity index (χ0) is 19.9. The summed E-state index contributed by atoms with van der Waals surface area (Å²) in [4.78, 5) is 18.0. The van der Waals surface area contributed by atoms with Crippen LogP contribution < -0.4 is 16.0 Å². The van der Waals surface area contributed by atoms with Crippen molar-refractivity contribution in [2.75, 3.05) is 58.8 Å². The molecule has 0 spiro atoms. The van der Waals surface area contributed by atoms with E-state index < -0.39 is 0 Å². The van der Waals surface area contributed by atoms with E-state index in [1.807, 2.05) is 24.3 Å². The molecule has 0 saturated carbocycles. The average molecular weight is 378 g/mol. The van der Waals surface area contributed by atoms with Crippen molar-refractivity contribution in [3.8, 4) is 0 Å². The second-order valence-corrected chi connectivity index (χ2v) is 6.47. The number of carbonyl (C=O) groups excluding carboxylic acids is 1. The molecular weight excluding hydrogens is 342 g/mol. The molecule has 0 aliphatic rings. The van der Waals surface area contributed by atoms with Gasteiger partial charge in [-0.25, -0.2) is 0 Å². The summed E-state index contributed by atoms with van der Waals surface area (Å²) >= 11 is 0. The Balaban J connectivity index is 2.35. The van der Waals surface area contributed by atoms with Crippen LogP contribution in [0.4, 0.5) is 5.69 Å². The van der Waals surface area contributed by atoms with Crippen LogP contribution in [0.1, 0.15) is 25.8 Å². The van der Waals surface area contributed by atoms with Crippen molar-refractivity contribution in [3.63, 3.8) is 0 Å². The molecule has 0 unspecified atom stereocenters. The summed E-state index contributed by atoms with van der Waals surface area (Å²) in [6, 6.07) is 7.92. The van der Waals surface area contributed by atoms with Gasteiger partial charge in [-0.3, -0.25) is 9.79 Å². The van der Waals surface area contributed by atoms with Gasteiger partial charge in [0.2, 0.25) is 5.91 Å². The molecule has 7 nitrogen and oxygen atoms in total. The lowest BCUT2D eigenvalue weighted by Crippen LogP contribution is -2.39. The first kappa shape index (κ1) is 22.9. The number of rotatable bonds is 12. The first-order valence-corrected chi connectivity index (χ1v) is 9.61. The molecule has 0 saturated heterocycles. The third-order valence-corrected chi connectivity index (χ3v) is 3.96. The fourth-order valence-electron chi connectivity index (χ4n) is 2.55. The molecule has 0 radical (unpaired) electrons. The average Bonchev–Trinajstić information content (AvgIpc) is 2.63. The zero-order valence-corrected chi connectivity index (χ0v) is 17.2. The number of hydrogen-bond donors (Lipinski definition) is 3. The number of ether oxygens (including phenoxy) is 1. The standard InChI is InChI=1S/C20H35N5O2/c1-5-21-20(23-13-15-25(3)14-6-16-27-4)22-12-11-18-7-9-19(10-8-18)24-17(2)26/h7-10H,5-6,11-16H2,1-4H3,(H,24,26)(H2,21,22,23). The maximum absolute atomic E-state index is 11.1. The Labute approximate surface area is 163 Å². The van der Waals surface area contributed by atoms with Gasteiger partial charge in [-0.05, 0) is 44.5 Å². The van der Waals surface area contributed by atoms with Crippen molar-refractivity contribution < 1.29 is 9.53 Å². The third kappa shape index (κ3) is 11.2. The van der Waals surface area contributed by atoms with Gasteiger partial charge in [0.1, 0.15) is 0 Å². The van der Waals surface area contributed by atoms with Gasteiger partial charge in [0.25, 0.3) is 0 Å². The first-order chi connectivity index (χ1) is 13.0. The zero-order valence-electron chi connectivity index (χ0n) is 17.2. The number of nitrogens with one attached hydrogen (secondary N) is 3. The lowest BCUT2D eigenvalue weighted by Gasteiger charge is -2.16. The Hall–Kier alpha value is -2.12. The maximum Gasteiger partial charge on any atom is 0.221 e. The van der Waals surface area contributed by atoms with Crippen LogP contribution in [-0.2, 0) is 16.0 Å². The number of aliphatic imine (C=N–C) groups is 1. The van der Waals surface area contributed by atoms with Crippen LogP contribution in [0.2, 0.25) is 0 Å². The summed E-state index contributed by atoms with van der Waals surface area (Å²) in [5, 5.41) is 9.43. The summed E-state index contributed by atoms with van der Waals surface area (Å²) in [5.74, 6) is 0.790. The van der Waals surface area contributed by atoms with Crippen molar-refractivity contribution in [2.24, 2.45) is 4.99 Å². The van der Waals surface area contributed by atoms with Crippen molar-refractivity contribution in [2.45, 2.75) is 26.7 Å². The number of benzene rings is 1. The molecule has 0 bridgehead atoms. The van der Waals surface area contributed by atoms with Crippen LogP contribution in [-0.4, -0.2) is 70.3 Å². The molecule has 1 aromatic carbocycles. The molecule has 7 heteroatoms. The summed E-state index contributed by atoms with van der Waals surface area (Å²) in [6.45, 7) is 8.70. The van der Waals surface area contributed by atoms with Crippen LogP contribution in [0.25, 0.3) is 0 Å². The van der Waals surface area contributed by atoms with Crippen molar-refractivity contribution >= 4 is 17.6 Å². The first-order valence-electron chi connectivity index (χ1n) is 9.61. The van der Waals surface area contributed by atoms with Gasteiger partial charge >= 0.3 is 0 Å². The van der Waals surface area contributed by atoms with Crippen LogP contribution in [0.15, 0.2) is 29.3 Å². The quantitative estimate of drug-likeness (QED) is 0.294. The van der Waals surface area contributed by atoms with Gasteiger partial charge < -0.3 is 25.6 Å². The van der Waals surface area contributed by atoms with Crippen LogP contribution in [0, 0.1) is 0 Å². The number of guanidine groups is 1. The van der Waals surface area contributed by atoms with Gasteiger partial charge in [0, 0.05) is 52.5 Å². The maximum atomic E-state index is 11.1. The second-order valence-electron chi connectivity index (χ2n) is 6.47.